The molecule has 1 unspecified atom stereocenters. The standard InChI is InChI=1S/C7H6N4S/c1-2-4-7(5-3-1)9-12-6-8-10-11-12/h1-6H/p+1. The van der Waals surface area contributed by atoms with Gasteiger partial charge in [0.2, 0.25) is 0 Å². The second-order valence-corrected chi connectivity index (χ2v) is 3.38. The van der Waals surface area contributed by atoms with Gasteiger partial charge in [-0.25, -0.2) is 0 Å². The lowest BCUT2D eigenvalue weighted by Crippen LogP contribution is -1.86. The number of hydrogen-bond acceptors (Lipinski definition) is 4. The maximum absolute atomic E-state index is 3.85. The normalized spacial score (nSPS) is 11.2. The molecule has 0 spiro atoms. The molecule has 0 aliphatic rings. The summed E-state index contributed by atoms with van der Waals surface area (Å²) < 4.78 is 7.01. The van der Waals surface area contributed by atoms with Gasteiger partial charge < -0.3 is 0 Å². The van der Waals surface area contributed by atoms with Crippen LogP contribution in [0.5, 0.6) is 0 Å². The summed E-state index contributed by atoms with van der Waals surface area (Å²) >= 11 is 0. The summed E-state index contributed by atoms with van der Waals surface area (Å²) in [5, 5.41) is 7.15. The molecule has 0 saturated carbocycles. The van der Waals surface area contributed by atoms with Crippen molar-refractivity contribution in [2.45, 2.75) is 0 Å². The molecule has 0 radical (unpaired) electrons. The number of benzene rings is 1. The molecular formula is C7H7N4S+. The lowest BCUT2D eigenvalue weighted by molar-refractivity contribution is 0.957. The Morgan fingerprint density at radius 2 is 2.00 bits per heavy atom. The molecule has 0 aliphatic heterocycles. The summed E-state index contributed by atoms with van der Waals surface area (Å²) in [5.41, 5.74) is 2.72. The van der Waals surface area contributed by atoms with Crippen LogP contribution < -0.4 is 4.72 Å². The van der Waals surface area contributed by atoms with E-state index in [-0.39, 0.29) is 10.9 Å². The number of nitrogens with zero attached hydrogens (tertiary/aromatic N) is 3. The fraction of sp³-hybridized carbons (Fsp3) is 0. The fourth-order valence-electron chi connectivity index (χ4n) is 0.821. The lowest BCUT2D eigenvalue weighted by atomic mass is 10.3. The van der Waals surface area contributed by atoms with Crippen LogP contribution in [-0.4, -0.2) is 14.8 Å². The van der Waals surface area contributed by atoms with E-state index < -0.39 is 0 Å². The van der Waals surface area contributed by atoms with Gasteiger partial charge in [0.25, 0.3) is 10.9 Å². The van der Waals surface area contributed by atoms with E-state index in [9.17, 15) is 0 Å². The molecule has 0 fully saturated rings. The first-order valence-corrected chi connectivity index (χ1v) is 4.69. The molecular weight excluding hydrogens is 172 g/mol. The molecule has 2 aromatic rings. The van der Waals surface area contributed by atoms with E-state index in [2.05, 4.69) is 19.5 Å². The van der Waals surface area contributed by atoms with E-state index in [1.54, 1.807) is 5.51 Å². The van der Waals surface area contributed by atoms with Crippen LogP contribution in [-0.2, 0) is 0 Å². The van der Waals surface area contributed by atoms with Crippen LogP contribution in [0, 0.1) is 0 Å². The average Bonchev–Trinajstić information content (AvgIpc) is 2.59. The molecule has 2 rings (SSSR count). The maximum atomic E-state index is 3.85. The van der Waals surface area contributed by atoms with Gasteiger partial charge in [-0.2, -0.15) is 4.72 Å². The number of anilines is 1. The molecule has 0 amide bonds. The summed E-state index contributed by atoms with van der Waals surface area (Å²) in [6.45, 7) is 0. The summed E-state index contributed by atoms with van der Waals surface area (Å²) in [6, 6.07) is 9.87. The van der Waals surface area contributed by atoms with Crippen molar-refractivity contribution in [1.29, 1.82) is 0 Å². The predicted octanol–water partition coefficient (Wildman–Crippen LogP) is 1.50. The summed E-state index contributed by atoms with van der Waals surface area (Å²) in [5.74, 6) is 0. The molecule has 1 aromatic carbocycles. The van der Waals surface area contributed by atoms with Gasteiger partial charge in [0.15, 0.2) is 0 Å². The third-order valence-corrected chi connectivity index (χ3v) is 2.31. The van der Waals surface area contributed by atoms with Gasteiger partial charge in [-0.05, 0) is 12.1 Å². The van der Waals surface area contributed by atoms with E-state index in [0.717, 1.165) is 5.69 Å². The van der Waals surface area contributed by atoms with Crippen LogP contribution in [0.4, 0.5) is 5.69 Å². The Labute approximate surface area is 72.5 Å². The molecule has 1 atom stereocenters. The molecule has 0 aliphatic carbocycles. The Morgan fingerprint density at radius 3 is 2.67 bits per heavy atom. The topological polar surface area (TPSA) is 50.7 Å². The Kier molecular flexibility index (Phi) is 1.96. The van der Waals surface area contributed by atoms with Gasteiger partial charge in [-0.15, -0.1) is 0 Å². The molecule has 60 valence electrons. The molecule has 1 N–H and O–H groups in total. The van der Waals surface area contributed by atoms with Gasteiger partial charge in [0.1, 0.15) is 4.49 Å². The molecule has 4 nitrogen and oxygen atoms in total. The highest BCUT2D eigenvalue weighted by Gasteiger charge is 2.05. The third-order valence-electron chi connectivity index (χ3n) is 1.32. The van der Waals surface area contributed by atoms with Crippen molar-refractivity contribution in [2.75, 3.05) is 4.72 Å². The van der Waals surface area contributed by atoms with Gasteiger partial charge in [-0.3, -0.25) is 0 Å². The summed E-state index contributed by atoms with van der Waals surface area (Å²) in [6.07, 6.45) is 0. The molecule has 0 bridgehead atoms. The first-order chi connectivity index (χ1) is 5.95. The molecule has 1 aromatic heterocycles. The van der Waals surface area contributed by atoms with Crippen molar-refractivity contribution in [1.82, 2.24) is 14.8 Å². The minimum atomic E-state index is -0.362. The maximum Gasteiger partial charge on any atom is 0.305 e. The van der Waals surface area contributed by atoms with Gasteiger partial charge in [0, 0.05) is 5.21 Å². The molecule has 12 heavy (non-hydrogen) atoms. The van der Waals surface area contributed by atoms with E-state index in [1.807, 2.05) is 30.3 Å². The smallest absolute Gasteiger partial charge is 0.163 e. The van der Waals surface area contributed by atoms with Crippen LogP contribution in [0.2, 0.25) is 0 Å². The number of aromatic nitrogens is 3. The Bertz CT molecular complexity index is 332. The molecule has 0 saturated heterocycles. The van der Waals surface area contributed by atoms with Crippen molar-refractivity contribution >= 4 is 16.5 Å². The molecule has 1 heterocycles. The van der Waals surface area contributed by atoms with Gasteiger partial charge in [0.05, 0.1) is 5.69 Å². The van der Waals surface area contributed by atoms with Crippen LogP contribution in [0.1, 0.15) is 0 Å². The molecule has 5 heteroatoms. The number of rotatable bonds is 2. The van der Waals surface area contributed by atoms with E-state index in [0.29, 0.717) is 0 Å². The SMILES string of the molecule is c1ccc(N[s+]2cnnn2)cc1. The average molecular weight is 179 g/mol. The van der Waals surface area contributed by atoms with E-state index in [4.69, 9.17) is 0 Å². The lowest BCUT2D eigenvalue weighted by Gasteiger charge is -1.90. The van der Waals surface area contributed by atoms with Crippen molar-refractivity contribution in [3.05, 3.63) is 35.8 Å². The van der Waals surface area contributed by atoms with E-state index in [1.165, 1.54) is 0 Å². The zero-order valence-corrected chi connectivity index (χ0v) is 7.03. The quantitative estimate of drug-likeness (QED) is 0.710. The van der Waals surface area contributed by atoms with Crippen LogP contribution in [0.15, 0.2) is 35.8 Å². The van der Waals surface area contributed by atoms with Crippen LogP contribution in [0.25, 0.3) is 0 Å². The summed E-state index contributed by atoms with van der Waals surface area (Å²) in [7, 11) is -0.362. The minimum Gasteiger partial charge on any atom is -0.163 e. The highest BCUT2D eigenvalue weighted by atomic mass is 32.2. The highest BCUT2D eigenvalue weighted by Crippen LogP contribution is 2.14. The first-order valence-electron chi connectivity index (χ1n) is 3.44. The Morgan fingerprint density at radius 1 is 1.17 bits per heavy atom. The second kappa shape index (κ2) is 3.27. The zero-order valence-electron chi connectivity index (χ0n) is 6.21. The largest absolute Gasteiger partial charge is 0.305 e. The van der Waals surface area contributed by atoms with E-state index >= 15 is 0 Å². The van der Waals surface area contributed by atoms with Crippen molar-refractivity contribution < 1.29 is 0 Å². The Hall–Kier alpha value is -1.49. The zero-order chi connectivity index (χ0) is 8.23. The fourth-order valence-corrected chi connectivity index (χ4v) is 1.59. The van der Waals surface area contributed by atoms with Crippen LogP contribution in [0.3, 0.4) is 0 Å². The van der Waals surface area contributed by atoms with Crippen molar-refractivity contribution in [3.8, 4) is 0 Å². The summed E-state index contributed by atoms with van der Waals surface area (Å²) in [4.78, 5) is 0. The monoisotopic (exact) mass is 179 g/mol. The number of hydrogen-bond donors (Lipinski definition) is 1. The van der Waals surface area contributed by atoms with Crippen LogP contribution >= 0.6 is 10.9 Å². The first kappa shape index (κ1) is 7.17. The van der Waals surface area contributed by atoms with Gasteiger partial charge in [-0.1, -0.05) is 23.3 Å². The second-order valence-electron chi connectivity index (χ2n) is 2.17. The minimum absolute atomic E-state index is 0.362. The Balaban J connectivity index is 2.15. The predicted molar refractivity (Wildman–Crippen MR) is 47.8 cm³/mol. The van der Waals surface area contributed by atoms with Crippen molar-refractivity contribution in [2.24, 2.45) is 0 Å². The van der Waals surface area contributed by atoms with Gasteiger partial charge >= 0.3 is 5.51 Å². The highest BCUT2D eigenvalue weighted by molar-refractivity contribution is 7.26. The number of para-hydroxylation sites is 1. The number of nitrogens with one attached hydrogen (secondary N) is 1. The van der Waals surface area contributed by atoms with Crippen molar-refractivity contribution in [3.63, 3.8) is 0 Å². The third kappa shape index (κ3) is 1.57.